The smallest absolute Gasteiger partial charge is 0.122 e. The van der Waals surface area contributed by atoms with Gasteiger partial charge in [0.2, 0.25) is 0 Å². The molecule has 1 aromatic rings. The fraction of sp³-hybridized carbons (Fsp3) is 0.625. The molecule has 1 rings (SSSR count). The third kappa shape index (κ3) is 5.09. The van der Waals surface area contributed by atoms with Crippen molar-refractivity contribution in [1.82, 2.24) is 5.32 Å². The van der Waals surface area contributed by atoms with E-state index in [9.17, 15) is 0 Å². The summed E-state index contributed by atoms with van der Waals surface area (Å²) in [6, 6.07) is 4.32. The number of hydrogen-bond acceptors (Lipinski definition) is 2. The van der Waals surface area contributed by atoms with E-state index in [0.717, 1.165) is 25.3 Å². The van der Waals surface area contributed by atoms with Crippen LogP contribution in [0.1, 0.15) is 43.9 Å². The molecule has 0 heterocycles. The van der Waals surface area contributed by atoms with Crippen LogP contribution in [0.15, 0.2) is 12.1 Å². The van der Waals surface area contributed by atoms with Crippen molar-refractivity contribution in [3.05, 3.63) is 28.8 Å². The largest absolute Gasteiger partial charge is 0.493 e. The molecule has 1 aromatic carbocycles. The van der Waals surface area contributed by atoms with Crippen molar-refractivity contribution in [2.45, 2.75) is 53.5 Å². The van der Waals surface area contributed by atoms with E-state index in [1.165, 1.54) is 16.7 Å². The summed E-state index contributed by atoms with van der Waals surface area (Å²) in [5, 5.41) is 3.47. The first kappa shape index (κ1) is 15.0. The van der Waals surface area contributed by atoms with Crippen LogP contribution in [0.2, 0.25) is 0 Å². The van der Waals surface area contributed by atoms with Gasteiger partial charge in [0.15, 0.2) is 0 Å². The Morgan fingerprint density at radius 1 is 1.11 bits per heavy atom. The molecule has 0 unspecified atom stereocenters. The molecule has 2 heteroatoms. The molecule has 0 aliphatic carbocycles. The second-order valence-electron chi connectivity index (χ2n) is 6.08. The molecular formula is C16H27NO. The lowest BCUT2D eigenvalue weighted by Gasteiger charge is -2.20. The normalized spacial score (nSPS) is 11.7. The molecule has 0 aliphatic heterocycles. The van der Waals surface area contributed by atoms with Gasteiger partial charge in [-0.25, -0.2) is 0 Å². The van der Waals surface area contributed by atoms with Gasteiger partial charge < -0.3 is 10.1 Å². The Morgan fingerprint density at radius 2 is 1.78 bits per heavy atom. The van der Waals surface area contributed by atoms with E-state index in [4.69, 9.17) is 4.74 Å². The zero-order valence-electron chi connectivity index (χ0n) is 12.7. The lowest BCUT2D eigenvalue weighted by molar-refractivity contribution is 0.296. The van der Waals surface area contributed by atoms with Gasteiger partial charge in [0.05, 0.1) is 6.61 Å². The summed E-state index contributed by atoms with van der Waals surface area (Å²) >= 11 is 0. The quantitative estimate of drug-likeness (QED) is 0.802. The maximum Gasteiger partial charge on any atom is 0.122 e. The van der Waals surface area contributed by atoms with E-state index in [-0.39, 0.29) is 5.54 Å². The van der Waals surface area contributed by atoms with Crippen molar-refractivity contribution in [2.24, 2.45) is 0 Å². The number of aryl methyl sites for hydroxylation is 2. The Kier molecular flexibility index (Phi) is 5.21. The molecule has 0 spiro atoms. The highest BCUT2D eigenvalue weighted by Crippen LogP contribution is 2.23. The van der Waals surface area contributed by atoms with Gasteiger partial charge in [-0.3, -0.25) is 0 Å². The van der Waals surface area contributed by atoms with Crippen LogP contribution in [-0.4, -0.2) is 18.7 Å². The van der Waals surface area contributed by atoms with Gasteiger partial charge in [-0.05, 0) is 77.3 Å². The van der Waals surface area contributed by atoms with Gasteiger partial charge in [0, 0.05) is 5.54 Å². The summed E-state index contributed by atoms with van der Waals surface area (Å²) in [5.41, 5.74) is 4.01. The van der Waals surface area contributed by atoms with Crippen molar-refractivity contribution in [2.75, 3.05) is 13.2 Å². The maximum absolute atomic E-state index is 5.87. The van der Waals surface area contributed by atoms with Crippen LogP contribution in [-0.2, 0) is 0 Å². The third-order valence-corrected chi connectivity index (χ3v) is 3.00. The SMILES string of the molecule is Cc1cc(C)c(C)c(OCCCNC(C)(C)C)c1. The zero-order valence-corrected chi connectivity index (χ0v) is 12.7. The van der Waals surface area contributed by atoms with Gasteiger partial charge in [0.25, 0.3) is 0 Å². The number of hydrogen-bond donors (Lipinski definition) is 1. The molecule has 0 aliphatic rings. The van der Waals surface area contributed by atoms with Gasteiger partial charge in [0.1, 0.15) is 5.75 Å². The van der Waals surface area contributed by atoms with Crippen LogP contribution in [0.25, 0.3) is 0 Å². The number of rotatable bonds is 5. The molecule has 0 amide bonds. The Labute approximate surface area is 112 Å². The Bertz CT molecular complexity index is 391. The lowest BCUT2D eigenvalue weighted by Crippen LogP contribution is -2.36. The van der Waals surface area contributed by atoms with Gasteiger partial charge in [-0.15, -0.1) is 0 Å². The lowest BCUT2D eigenvalue weighted by atomic mass is 10.1. The summed E-state index contributed by atoms with van der Waals surface area (Å²) in [7, 11) is 0. The Balaban J connectivity index is 2.40. The van der Waals surface area contributed by atoms with Gasteiger partial charge in [-0.2, -0.15) is 0 Å². The third-order valence-electron chi connectivity index (χ3n) is 3.00. The number of ether oxygens (including phenoxy) is 1. The van der Waals surface area contributed by atoms with Crippen molar-refractivity contribution >= 4 is 0 Å². The van der Waals surface area contributed by atoms with Crippen molar-refractivity contribution in [3.63, 3.8) is 0 Å². The van der Waals surface area contributed by atoms with E-state index in [2.05, 4.69) is 59.0 Å². The van der Waals surface area contributed by atoms with Crippen molar-refractivity contribution < 1.29 is 4.74 Å². The second-order valence-corrected chi connectivity index (χ2v) is 6.08. The summed E-state index contributed by atoms with van der Waals surface area (Å²) in [5.74, 6) is 1.03. The highest BCUT2D eigenvalue weighted by molar-refractivity contribution is 5.41. The average molecular weight is 249 g/mol. The van der Waals surface area contributed by atoms with Crippen molar-refractivity contribution in [3.8, 4) is 5.75 Å². The first-order chi connectivity index (χ1) is 8.29. The zero-order chi connectivity index (χ0) is 13.8. The molecule has 1 N–H and O–H groups in total. The monoisotopic (exact) mass is 249 g/mol. The minimum atomic E-state index is 0.190. The number of nitrogens with one attached hydrogen (secondary N) is 1. The minimum Gasteiger partial charge on any atom is -0.493 e. The number of benzene rings is 1. The van der Waals surface area contributed by atoms with E-state index >= 15 is 0 Å². The highest BCUT2D eigenvalue weighted by atomic mass is 16.5. The molecule has 0 aromatic heterocycles. The van der Waals surface area contributed by atoms with Crippen LogP contribution in [0, 0.1) is 20.8 Å². The first-order valence-electron chi connectivity index (χ1n) is 6.75. The molecule has 0 bridgehead atoms. The molecule has 0 saturated heterocycles. The second kappa shape index (κ2) is 6.24. The summed E-state index contributed by atoms with van der Waals surface area (Å²) in [4.78, 5) is 0. The fourth-order valence-corrected chi connectivity index (χ4v) is 1.87. The van der Waals surface area contributed by atoms with Crippen molar-refractivity contribution in [1.29, 1.82) is 0 Å². The Morgan fingerprint density at radius 3 is 2.39 bits per heavy atom. The molecule has 0 radical (unpaired) electrons. The molecule has 0 atom stereocenters. The van der Waals surface area contributed by atoms with Crippen LogP contribution < -0.4 is 10.1 Å². The van der Waals surface area contributed by atoms with E-state index in [0.29, 0.717) is 0 Å². The summed E-state index contributed by atoms with van der Waals surface area (Å²) in [6.45, 7) is 14.7. The summed E-state index contributed by atoms with van der Waals surface area (Å²) in [6.07, 6.45) is 1.03. The van der Waals surface area contributed by atoms with Crippen LogP contribution >= 0.6 is 0 Å². The molecule has 18 heavy (non-hydrogen) atoms. The molecule has 0 saturated carbocycles. The molecule has 0 fully saturated rings. The Hall–Kier alpha value is -1.02. The van der Waals surface area contributed by atoms with Gasteiger partial charge in [-0.1, -0.05) is 6.07 Å². The van der Waals surface area contributed by atoms with E-state index < -0.39 is 0 Å². The van der Waals surface area contributed by atoms with E-state index in [1.54, 1.807) is 0 Å². The fourth-order valence-electron chi connectivity index (χ4n) is 1.87. The standard InChI is InChI=1S/C16H27NO/c1-12-10-13(2)14(3)15(11-12)18-9-7-8-17-16(4,5)6/h10-11,17H,7-9H2,1-6H3. The maximum atomic E-state index is 5.87. The predicted molar refractivity (Wildman–Crippen MR) is 78.5 cm³/mol. The topological polar surface area (TPSA) is 21.3 Å². The average Bonchev–Trinajstić information content (AvgIpc) is 2.22. The van der Waals surface area contributed by atoms with Crippen LogP contribution in [0.4, 0.5) is 0 Å². The molecule has 102 valence electrons. The first-order valence-corrected chi connectivity index (χ1v) is 6.75. The molecule has 2 nitrogen and oxygen atoms in total. The summed E-state index contributed by atoms with van der Waals surface area (Å²) < 4.78 is 5.87. The molecular weight excluding hydrogens is 222 g/mol. The highest BCUT2D eigenvalue weighted by Gasteiger charge is 2.08. The minimum absolute atomic E-state index is 0.190. The van der Waals surface area contributed by atoms with E-state index in [1.807, 2.05) is 0 Å². The van der Waals surface area contributed by atoms with Gasteiger partial charge >= 0.3 is 0 Å². The van der Waals surface area contributed by atoms with Crippen LogP contribution in [0.5, 0.6) is 5.75 Å². The van der Waals surface area contributed by atoms with Crippen LogP contribution in [0.3, 0.4) is 0 Å². The predicted octanol–water partition coefficient (Wildman–Crippen LogP) is 3.77.